The van der Waals surface area contributed by atoms with Crippen LogP contribution in [-0.4, -0.2) is 32.1 Å². The lowest BCUT2D eigenvalue weighted by Gasteiger charge is -2.19. The van der Waals surface area contributed by atoms with E-state index in [1.54, 1.807) is 52.0 Å². The van der Waals surface area contributed by atoms with E-state index in [2.05, 4.69) is 32.0 Å². The molecule has 0 saturated carbocycles. The van der Waals surface area contributed by atoms with Gasteiger partial charge in [-0.15, -0.1) is 0 Å². The molecule has 3 aromatic rings. The van der Waals surface area contributed by atoms with Gasteiger partial charge in [-0.25, -0.2) is 14.8 Å². The number of anilines is 2. The molecule has 0 spiro atoms. The van der Waals surface area contributed by atoms with Crippen molar-refractivity contribution >= 4 is 23.5 Å². The number of nitriles is 1. The van der Waals surface area contributed by atoms with Gasteiger partial charge in [0, 0.05) is 25.2 Å². The predicted molar refractivity (Wildman–Crippen MR) is 150 cm³/mol. The summed E-state index contributed by atoms with van der Waals surface area (Å²) < 4.78 is 6.70. The van der Waals surface area contributed by atoms with Crippen molar-refractivity contribution in [3.05, 3.63) is 80.7 Å². The minimum absolute atomic E-state index is 0.213. The molecule has 0 fully saturated rings. The van der Waals surface area contributed by atoms with Crippen LogP contribution in [0.3, 0.4) is 0 Å². The highest BCUT2D eigenvalue weighted by atomic mass is 16.6. The second kappa shape index (κ2) is 11.6. The molecule has 3 N–H and O–H groups in total. The summed E-state index contributed by atoms with van der Waals surface area (Å²) in [5, 5.41) is 17.8. The SMILES string of the molecule is Cc1cc(C#N)cc(CNc2cnc3n(c2=O)[C@H](C(=O)NCc2ccc(NC(=O)OC(C)(C)C)nc2C)CC3)c1. The van der Waals surface area contributed by atoms with Gasteiger partial charge in [-0.05, 0) is 75.9 Å². The third kappa shape index (κ3) is 6.83. The molecule has 1 aliphatic heterocycles. The molecule has 11 nitrogen and oxygen atoms in total. The lowest BCUT2D eigenvalue weighted by Crippen LogP contribution is -2.36. The number of ether oxygens (including phenoxy) is 1. The van der Waals surface area contributed by atoms with Crippen LogP contribution in [0.2, 0.25) is 0 Å². The van der Waals surface area contributed by atoms with E-state index in [0.717, 1.165) is 16.7 Å². The minimum atomic E-state index is -0.678. The number of nitrogens with one attached hydrogen (secondary N) is 3. The number of carbonyl (C=O) groups excluding carboxylic acids is 2. The molecule has 40 heavy (non-hydrogen) atoms. The Kier molecular flexibility index (Phi) is 8.18. The van der Waals surface area contributed by atoms with E-state index in [1.807, 2.05) is 13.0 Å². The number of benzene rings is 1. The van der Waals surface area contributed by atoms with Crippen LogP contribution in [-0.2, 0) is 29.0 Å². The van der Waals surface area contributed by atoms with Gasteiger partial charge in [-0.1, -0.05) is 12.1 Å². The summed E-state index contributed by atoms with van der Waals surface area (Å²) in [6, 6.07) is 10.4. The van der Waals surface area contributed by atoms with E-state index >= 15 is 0 Å². The Bertz CT molecular complexity index is 1550. The summed E-state index contributed by atoms with van der Waals surface area (Å²) in [5.74, 6) is 0.625. The fourth-order valence-electron chi connectivity index (χ4n) is 4.56. The van der Waals surface area contributed by atoms with Crippen LogP contribution < -0.4 is 21.5 Å². The second-order valence-electron chi connectivity index (χ2n) is 10.8. The molecule has 2 amide bonds. The minimum Gasteiger partial charge on any atom is -0.444 e. The molecule has 1 aromatic carbocycles. The van der Waals surface area contributed by atoms with Crippen molar-refractivity contribution in [2.75, 3.05) is 10.6 Å². The van der Waals surface area contributed by atoms with Crippen LogP contribution >= 0.6 is 0 Å². The third-order valence-electron chi connectivity index (χ3n) is 6.35. The van der Waals surface area contributed by atoms with Gasteiger partial charge in [0.2, 0.25) is 5.91 Å². The first-order valence-corrected chi connectivity index (χ1v) is 13.0. The molecular formula is C29H33N7O4. The van der Waals surface area contributed by atoms with Crippen molar-refractivity contribution < 1.29 is 14.3 Å². The predicted octanol–water partition coefficient (Wildman–Crippen LogP) is 3.89. The zero-order valence-electron chi connectivity index (χ0n) is 23.3. The third-order valence-corrected chi connectivity index (χ3v) is 6.35. The van der Waals surface area contributed by atoms with Crippen molar-refractivity contribution in [3.63, 3.8) is 0 Å². The average molecular weight is 544 g/mol. The molecule has 0 saturated heterocycles. The molecule has 0 unspecified atom stereocenters. The van der Waals surface area contributed by atoms with Gasteiger partial charge in [-0.2, -0.15) is 5.26 Å². The topological polar surface area (TPSA) is 151 Å². The Hall–Kier alpha value is -4.72. The Morgan fingerprint density at radius 1 is 1.18 bits per heavy atom. The zero-order chi connectivity index (χ0) is 29.0. The zero-order valence-corrected chi connectivity index (χ0v) is 23.3. The van der Waals surface area contributed by atoms with Crippen LogP contribution in [0.1, 0.15) is 67.0 Å². The Morgan fingerprint density at radius 2 is 1.95 bits per heavy atom. The second-order valence-corrected chi connectivity index (χ2v) is 10.8. The largest absolute Gasteiger partial charge is 0.444 e. The normalized spacial score (nSPS) is 14.2. The first kappa shape index (κ1) is 28.3. The maximum absolute atomic E-state index is 13.3. The molecule has 0 bridgehead atoms. The maximum Gasteiger partial charge on any atom is 0.413 e. The van der Waals surface area contributed by atoms with Crippen LogP contribution in [0.4, 0.5) is 16.3 Å². The van der Waals surface area contributed by atoms with Gasteiger partial charge < -0.3 is 15.4 Å². The molecule has 0 radical (unpaired) electrons. The van der Waals surface area contributed by atoms with Gasteiger partial charge in [0.05, 0.1) is 17.8 Å². The molecule has 1 aliphatic rings. The van der Waals surface area contributed by atoms with Crippen molar-refractivity contribution in [3.8, 4) is 6.07 Å². The summed E-state index contributed by atoms with van der Waals surface area (Å²) in [6.45, 7) is 9.58. The highest BCUT2D eigenvalue weighted by molar-refractivity contribution is 5.83. The quantitative estimate of drug-likeness (QED) is 0.406. The Labute approximate surface area is 232 Å². The van der Waals surface area contributed by atoms with Crippen molar-refractivity contribution in [2.45, 2.75) is 72.2 Å². The number of aromatic nitrogens is 3. The first-order chi connectivity index (χ1) is 18.9. The lowest BCUT2D eigenvalue weighted by atomic mass is 10.1. The number of hydrogen-bond acceptors (Lipinski definition) is 8. The van der Waals surface area contributed by atoms with E-state index in [0.29, 0.717) is 42.3 Å². The molecule has 208 valence electrons. The standard InChI is InChI=1S/C29H33N7O4/c1-17-10-19(13-30)12-20(11-17)14-31-22-16-32-25-9-7-23(36(25)27(22)38)26(37)33-15-21-6-8-24(34-18(21)2)35-28(39)40-29(3,4)5/h6,8,10-12,16,23,31H,7,9,14-15H2,1-5H3,(H,33,37)(H,34,35,39)/t23-/m0/s1. The fourth-order valence-corrected chi connectivity index (χ4v) is 4.56. The number of carbonyl (C=O) groups is 2. The van der Waals surface area contributed by atoms with Crippen LogP contribution in [0.25, 0.3) is 0 Å². The number of pyridine rings is 1. The van der Waals surface area contributed by atoms with Crippen LogP contribution in [0.15, 0.2) is 41.3 Å². The molecular weight excluding hydrogens is 510 g/mol. The monoisotopic (exact) mass is 543 g/mol. The number of amides is 2. The smallest absolute Gasteiger partial charge is 0.413 e. The number of rotatable bonds is 7. The summed E-state index contributed by atoms with van der Waals surface area (Å²) in [7, 11) is 0. The number of hydrogen-bond donors (Lipinski definition) is 3. The van der Waals surface area contributed by atoms with E-state index < -0.39 is 17.7 Å². The van der Waals surface area contributed by atoms with E-state index in [1.165, 1.54) is 10.8 Å². The number of nitrogens with zero attached hydrogens (tertiary/aromatic N) is 4. The Morgan fingerprint density at radius 3 is 2.65 bits per heavy atom. The molecule has 11 heteroatoms. The molecule has 2 aromatic heterocycles. The lowest BCUT2D eigenvalue weighted by molar-refractivity contribution is -0.124. The highest BCUT2D eigenvalue weighted by Crippen LogP contribution is 2.24. The number of fused-ring (bicyclic) bond motifs is 1. The summed E-state index contributed by atoms with van der Waals surface area (Å²) in [6.07, 6.45) is 1.88. The van der Waals surface area contributed by atoms with Gasteiger partial charge in [0.25, 0.3) is 5.56 Å². The molecule has 3 heterocycles. The molecule has 4 rings (SSSR count). The first-order valence-electron chi connectivity index (χ1n) is 13.0. The average Bonchev–Trinajstić information content (AvgIpc) is 3.31. The summed E-state index contributed by atoms with van der Waals surface area (Å²) in [5.41, 5.74) is 3.14. The van der Waals surface area contributed by atoms with Gasteiger partial charge in [-0.3, -0.25) is 19.5 Å². The summed E-state index contributed by atoms with van der Waals surface area (Å²) in [4.78, 5) is 47.3. The maximum atomic E-state index is 13.3. The van der Waals surface area contributed by atoms with Crippen LogP contribution in [0.5, 0.6) is 0 Å². The Balaban J connectivity index is 1.41. The highest BCUT2D eigenvalue weighted by Gasteiger charge is 2.31. The molecule has 0 aliphatic carbocycles. The van der Waals surface area contributed by atoms with E-state index in [4.69, 9.17) is 4.74 Å². The van der Waals surface area contributed by atoms with Gasteiger partial charge in [0.1, 0.15) is 29.0 Å². The fraction of sp³-hybridized carbons (Fsp3) is 0.379. The van der Waals surface area contributed by atoms with Crippen molar-refractivity contribution in [1.82, 2.24) is 19.9 Å². The van der Waals surface area contributed by atoms with Crippen molar-refractivity contribution in [1.29, 1.82) is 5.26 Å². The van der Waals surface area contributed by atoms with Gasteiger partial charge >= 0.3 is 6.09 Å². The van der Waals surface area contributed by atoms with E-state index in [9.17, 15) is 19.6 Å². The molecule has 1 atom stereocenters. The van der Waals surface area contributed by atoms with Crippen molar-refractivity contribution in [2.24, 2.45) is 0 Å². The van der Waals surface area contributed by atoms with Crippen LogP contribution in [0, 0.1) is 25.2 Å². The van der Waals surface area contributed by atoms with E-state index in [-0.39, 0.29) is 23.7 Å². The number of aryl methyl sites for hydroxylation is 3. The summed E-state index contributed by atoms with van der Waals surface area (Å²) >= 11 is 0. The van der Waals surface area contributed by atoms with Gasteiger partial charge in [0.15, 0.2) is 0 Å².